The molecule has 0 radical (unpaired) electrons. The van der Waals surface area contributed by atoms with Gasteiger partial charge in [-0.2, -0.15) is 0 Å². The number of rotatable bonds is 4. The zero-order chi connectivity index (χ0) is 15.5. The van der Waals surface area contributed by atoms with E-state index in [4.69, 9.17) is 13.9 Å². The van der Waals surface area contributed by atoms with Crippen LogP contribution in [0.4, 0.5) is 0 Å². The fourth-order valence-electron chi connectivity index (χ4n) is 2.16. The summed E-state index contributed by atoms with van der Waals surface area (Å²) in [5.41, 5.74) is 2.21. The standard InChI is InChI=1S/C17H15NO4/c1-11-18-15-8-7-14(10-16(15)21-11)22-17(19)9-12-3-5-13(20-2)6-4-12/h3-8,10H,9H2,1-2H3. The smallest absolute Gasteiger partial charge is 0.315 e. The van der Waals surface area contributed by atoms with Gasteiger partial charge in [0.2, 0.25) is 0 Å². The van der Waals surface area contributed by atoms with E-state index in [-0.39, 0.29) is 12.4 Å². The van der Waals surface area contributed by atoms with Gasteiger partial charge in [0.1, 0.15) is 17.0 Å². The van der Waals surface area contributed by atoms with E-state index in [0.717, 1.165) is 16.8 Å². The summed E-state index contributed by atoms with van der Waals surface area (Å²) in [5.74, 6) is 1.45. The van der Waals surface area contributed by atoms with Crippen LogP contribution in [-0.2, 0) is 11.2 Å². The Hall–Kier alpha value is -2.82. The number of oxazole rings is 1. The Balaban J connectivity index is 1.69. The first kappa shape index (κ1) is 14.1. The second-order valence-corrected chi connectivity index (χ2v) is 4.86. The lowest BCUT2D eigenvalue weighted by Crippen LogP contribution is -2.11. The van der Waals surface area contributed by atoms with Gasteiger partial charge in [-0.25, -0.2) is 4.98 Å². The van der Waals surface area contributed by atoms with Gasteiger partial charge >= 0.3 is 5.97 Å². The fraction of sp³-hybridized carbons (Fsp3) is 0.176. The average molecular weight is 297 g/mol. The molecule has 3 aromatic rings. The maximum absolute atomic E-state index is 12.0. The zero-order valence-electron chi connectivity index (χ0n) is 12.3. The summed E-state index contributed by atoms with van der Waals surface area (Å²) in [5, 5.41) is 0. The van der Waals surface area contributed by atoms with Crippen molar-refractivity contribution in [3.05, 3.63) is 53.9 Å². The number of carbonyl (C=O) groups excluding carboxylic acids is 1. The van der Waals surface area contributed by atoms with E-state index >= 15 is 0 Å². The Bertz CT molecular complexity index is 805. The summed E-state index contributed by atoms with van der Waals surface area (Å²) in [7, 11) is 1.60. The third kappa shape index (κ3) is 3.09. The number of hydrogen-bond acceptors (Lipinski definition) is 5. The second kappa shape index (κ2) is 5.89. The largest absolute Gasteiger partial charge is 0.497 e. The summed E-state index contributed by atoms with van der Waals surface area (Å²) in [6.45, 7) is 1.77. The molecule has 1 heterocycles. The Morgan fingerprint density at radius 3 is 2.59 bits per heavy atom. The topological polar surface area (TPSA) is 61.6 Å². The zero-order valence-corrected chi connectivity index (χ0v) is 12.3. The van der Waals surface area contributed by atoms with Crippen LogP contribution >= 0.6 is 0 Å². The molecule has 0 spiro atoms. The second-order valence-electron chi connectivity index (χ2n) is 4.86. The lowest BCUT2D eigenvalue weighted by Gasteiger charge is -2.05. The monoisotopic (exact) mass is 297 g/mol. The molecule has 112 valence electrons. The normalized spacial score (nSPS) is 10.6. The quantitative estimate of drug-likeness (QED) is 0.546. The molecular weight excluding hydrogens is 282 g/mol. The number of nitrogens with zero attached hydrogens (tertiary/aromatic N) is 1. The number of carbonyl (C=O) groups is 1. The molecule has 5 heteroatoms. The fourth-order valence-corrected chi connectivity index (χ4v) is 2.16. The third-order valence-electron chi connectivity index (χ3n) is 3.21. The maximum Gasteiger partial charge on any atom is 0.315 e. The van der Waals surface area contributed by atoms with Crippen LogP contribution in [0.2, 0.25) is 0 Å². The predicted octanol–water partition coefficient (Wildman–Crippen LogP) is 3.29. The highest BCUT2D eigenvalue weighted by Crippen LogP contribution is 2.22. The molecule has 0 aliphatic heterocycles. The molecule has 5 nitrogen and oxygen atoms in total. The van der Waals surface area contributed by atoms with Crippen LogP contribution in [0.15, 0.2) is 46.9 Å². The summed E-state index contributed by atoms with van der Waals surface area (Å²) in [6.07, 6.45) is 0.192. The van der Waals surface area contributed by atoms with Gasteiger partial charge in [-0.3, -0.25) is 4.79 Å². The number of methoxy groups -OCH3 is 1. The minimum Gasteiger partial charge on any atom is -0.497 e. The van der Waals surface area contributed by atoms with Crippen molar-refractivity contribution in [3.63, 3.8) is 0 Å². The molecule has 0 atom stereocenters. The summed E-state index contributed by atoms with van der Waals surface area (Å²) in [6, 6.07) is 12.4. The van der Waals surface area contributed by atoms with Crippen LogP contribution in [0.3, 0.4) is 0 Å². The molecule has 2 aromatic carbocycles. The van der Waals surface area contributed by atoms with Crippen molar-refractivity contribution in [1.82, 2.24) is 4.98 Å². The summed E-state index contributed by atoms with van der Waals surface area (Å²) in [4.78, 5) is 16.2. The summed E-state index contributed by atoms with van der Waals surface area (Å²) < 4.78 is 15.8. The van der Waals surface area contributed by atoms with Gasteiger partial charge in [0.05, 0.1) is 13.5 Å². The number of benzene rings is 2. The van der Waals surface area contributed by atoms with E-state index in [1.807, 2.05) is 24.3 Å². The molecule has 1 aromatic heterocycles. The van der Waals surface area contributed by atoms with Gasteiger partial charge in [0.15, 0.2) is 11.5 Å². The van der Waals surface area contributed by atoms with Gasteiger partial charge in [-0.05, 0) is 29.8 Å². The van der Waals surface area contributed by atoms with E-state index in [2.05, 4.69) is 4.98 Å². The Morgan fingerprint density at radius 2 is 1.86 bits per heavy atom. The number of esters is 1. The highest BCUT2D eigenvalue weighted by Gasteiger charge is 2.09. The van der Waals surface area contributed by atoms with Crippen LogP contribution in [-0.4, -0.2) is 18.1 Å². The lowest BCUT2D eigenvalue weighted by atomic mass is 10.1. The minimum absolute atomic E-state index is 0.192. The molecule has 0 fully saturated rings. The molecule has 0 saturated carbocycles. The molecule has 0 saturated heterocycles. The minimum atomic E-state index is -0.333. The van der Waals surface area contributed by atoms with Crippen molar-refractivity contribution < 1.29 is 18.7 Å². The van der Waals surface area contributed by atoms with Crippen LogP contribution in [0.5, 0.6) is 11.5 Å². The summed E-state index contributed by atoms with van der Waals surface area (Å²) >= 11 is 0. The molecule has 0 aliphatic carbocycles. The molecule has 0 bridgehead atoms. The number of hydrogen-bond donors (Lipinski definition) is 0. The highest BCUT2D eigenvalue weighted by atomic mass is 16.5. The van der Waals surface area contributed by atoms with Gasteiger partial charge in [-0.1, -0.05) is 12.1 Å². The Morgan fingerprint density at radius 1 is 1.14 bits per heavy atom. The SMILES string of the molecule is COc1ccc(CC(=O)Oc2ccc3nc(C)oc3c2)cc1. The van der Waals surface area contributed by atoms with E-state index < -0.39 is 0 Å². The number of ether oxygens (including phenoxy) is 2. The van der Waals surface area contributed by atoms with E-state index in [9.17, 15) is 4.79 Å². The van der Waals surface area contributed by atoms with E-state index in [1.165, 1.54) is 0 Å². The van der Waals surface area contributed by atoms with Crippen molar-refractivity contribution in [2.45, 2.75) is 13.3 Å². The van der Waals surface area contributed by atoms with Gasteiger partial charge in [0.25, 0.3) is 0 Å². The van der Waals surface area contributed by atoms with Crippen LogP contribution in [0.1, 0.15) is 11.5 Å². The molecular formula is C17H15NO4. The average Bonchev–Trinajstić information content (AvgIpc) is 2.87. The highest BCUT2D eigenvalue weighted by molar-refractivity contribution is 5.78. The third-order valence-corrected chi connectivity index (χ3v) is 3.21. The van der Waals surface area contributed by atoms with Crippen molar-refractivity contribution >= 4 is 17.1 Å². The molecule has 0 unspecified atom stereocenters. The van der Waals surface area contributed by atoms with Crippen molar-refractivity contribution in [2.24, 2.45) is 0 Å². The number of aryl methyl sites for hydroxylation is 1. The van der Waals surface area contributed by atoms with Crippen molar-refractivity contribution in [1.29, 1.82) is 0 Å². The Labute approximate surface area is 127 Å². The first-order valence-corrected chi connectivity index (χ1v) is 6.85. The number of aromatic nitrogens is 1. The molecule has 0 amide bonds. The molecule has 0 N–H and O–H groups in total. The Kier molecular flexibility index (Phi) is 3.78. The molecule has 0 aliphatic rings. The van der Waals surface area contributed by atoms with Crippen molar-refractivity contribution in [2.75, 3.05) is 7.11 Å². The van der Waals surface area contributed by atoms with Crippen LogP contribution in [0.25, 0.3) is 11.1 Å². The van der Waals surface area contributed by atoms with Crippen LogP contribution < -0.4 is 9.47 Å². The first-order chi connectivity index (χ1) is 10.6. The molecule has 3 rings (SSSR count). The van der Waals surface area contributed by atoms with Crippen molar-refractivity contribution in [3.8, 4) is 11.5 Å². The first-order valence-electron chi connectivity index (χ1n) is 6.85. The predicted molar refractivity (Wildman–Crippen MR) is 81.1 cm³/mol. The van der Waals surface area contributed by atoms with Gasteiger partial charge in [0, 0.05) is 13.0 Å². The molecule has 22 heavy (non-hydrogen) atoms. The van der Waals surface area contributed by atoms with E-state index in [0.29, 0.717) is 17.2 Å². The van der Waals surface area contributed by atoms with Gasteiger partial charge < -0.3 is 13.9 Å². The maximum atomic E-state index is 12.0. The van der Waals surface area contributed by atoms with E-state index in [1.54, 1.807) is 32.2 Å². The lowest BCUT2D eigenvalue weighted by molar-refractivity contribution is -0.133. The number of fused-ring (bicyclic) bond motifs is 1. The van der Waals surface area contributed by atoms with Crippen LogP contribution in [0, 0.1) is 6.92 Å². The van der Waals surface area contributed by atoms with Gasteiger partial charge in [-0.15, -0.1) is 0 Å².